The molecule has 35 nitrogen and oxygen atoms in total. The number of halogens is 2. The zero-order valence-corrected chi connectivity index (χ0v) is 91.4. The van der Waals surface area contributed by atoms with Crippen molar-refractivity contribution in [1.29, 1.82) is 0 Å². The average molecular weight is 2150 g/mol. The fourth-order valence-corrected chi connectivity index (χ4v) is 18.0. The topological polar surface area (TPSA) is 492 Å². The largest absolute Gasteiger partial charge is 0.493 e. The molecule has 137 heavy (non-hydrogen) atoms. The van der Waals surface area contributed by atoms with Gasteiger partial charge in [0, 0.05) is 99.6 Å². The SMILES string of the molecule is Br.Br.CC.CC.CC.CC.COc1cc(CC(=O)NCCc2cnc(N)s2)cc(OC)c1OC.COc1cc(CC(=O)NCCc2cnc(N)s2)cc(OC)c1OC.COc1cc(CC2NCCc3sc(N)nc32)cc(OC)c1OC.COc1cc(CC2NCCc3sc(N)nc32)cc(OC)c1OC.COc1cc(CCNCCc2cnc(N)s2)cc(OC)c1OC.NCCCc1cnc(N)s1. The van der Waals surface area contributed by atoms with Gasteiger partial charge in [-0.2, -0.15) is 0 Å². The van der Waals surface area contributed by atoms with E-state index >= 15 is 0 Å². The van der Waals surface area contributed by atoms with Crippen molar-refractivity contribution in [2.24, 2.45) is 5.73 Å². The monoisotopic (exact) mass is 2150 g/mol. The first-order valence-corrected chi connectivity index (χ1v) is 49.0. The molecule has 0 saturated heterocycles. The van der Waals surface area contributed by atoms with Crippen LogP contribution in [-0.4, -0.2) is 194 Å². The lowest BCUT2D eigenvalue weighted by Crippen LogP contribution is -2.30. The molecule has 2 amide bonds. The summed E-state index contributed by atoms with van der Waals surface area (Å²) in [5.41, 5.74) is 46.3. The lowest BCUT2D eigenvalue weighted by Gasteiger charge is -2.23. The minimum atomic E-state index is -0.0817. The van der Waals surface area contributed by atoms with E-state index in [-0.39, 0.29) is 70.7 Å². The number of aryl methyl sites for hydroxylation is 1. The normalized spacial score (nSPS) is 11.9. The zero-order chi connectivity index (χ0) is 99.9. The number of methoxy groups -OCH3 is 15. The molecule has 0 saturated carbocycles. The molecular weight excluding hydrogens is 2010 g/mol. The Kier molecular flexibility index (Phi) is 61.2. The molecule has 19 N–H and O–H groups in total. The van der Waals surface area contributed by atoms with Crippen LogP contribution in [0.15, 0.2) is 85.5 Å². The summed E-state index contributed by atoms with van der Waals surface area (Å²) >= 11 is 9.09. The molecule has 43 heteroatoms. The van der Waals surface area contributed by atoms with Crippen LogP contribution in [-0.2, 0) is 80.2 Å². The van der Waals surface area contributed by atoms with E-state index in [1.165, 1.54) is 64.9 Å². The van der Waals surface area contributed by atoms with Crippen LogP contribution in [0.4, 0.5) is 30.8 Å². The molecule has 13 rings (SSSR count). The Morgan fingerprint density at radius 2 is 0.584 bits per heavy atom. The molecule has 0 spiro atoms. The number of nitrogens with two attached hydrogens (primary N) is 7. The number of fused-ring (bicyclic) bond motifs is 2. The number of thiazole rings is 6. The molecule has 2 atom stereocenters. The van der Waals surface area contributed by atoms with Crippen LogP contribution in [0.1, 0.15) is 142 Å². The first kappa shape index (κ1) is 122. The molecule has 6 aromatic heterocycles. The molecule has 0 bridgehead atoms. The van der Waals surface area contributed by atoms with Crippen LogP contribution in [0.3, 0.4) is 0 Å². The number of nitrogen functional groups attached to an aromatic ring is 6. The molecule has 2 unspecified atom stereocenters. The maximum atomic E-state index is 12.1. The molecule has 0 fully saturated rings. The van der Waals surface area contributed by atoms with Crippen LogP contribution >= 0.6 is 102 Å². The number of carbonyl (C=O) groups excluding carboxylic acids is 2. The smallest absolute Gasteiger partial charge is 0.224 e. The van der Waals surface area contributed by atoms with Gasteiger partial charge in [0.15, 0.2) is 88.3 Å². The fraction of sp³-hybridized carbons (Fsp3) is 0.468. The van der Waals surface area contributed by atoms with Gasteiger partial charge in [0.1, 0.15) is 0 Å². The lowest BCUT2D eigenvalue weighted by atomic mass is 9.98. The van der Waals surface area contributed by atoms with Crippen molar-refractivity contribution in [3.63, 3.8) is 0 Å². The van der Waals surface area contributed by atoms with Crippen molar-refractivity contribution in [2.45, 2.75) is 145 Å². The van der Waals surface area contributed by atoms with Crippen molar-refractivity contribution in [2.75, 3.05) is 187 Å². The third-order valence-electron chi connectivity index (χ3n) is 19.3. The van der Waals surface area contributed by atoms with Crippen molar-refractivity contribution >= 4 is 145 Å². The molecule has 8 heterocycles. The number of anilines is 6. The zero-order valence-electron chi connectivity index (χ0n) is 83.1. The highest BCUT2D eigenvalue weighted by molar-refractivity contribution is 8.93. The maximum Gasteiger partial charge on any atom is 0.224 e. The number of ether oxygens (including phenoxy) is 15. The number of amides is 2. The predicted molar refractivity (Wildman–Crippen MR) is 570 cm³/mol. The molecule has 2 aliphatic rings. The number of rotatable bonds is 38. The van der Waals surface area contributed by atoms with Crippen LogP contribution < -0.4 is 138 Å². The molecule has 5 aromatic carbocycles. The summed E-state index contributed by atoms with van der Waals surface area (Å²) in [6, 6.07) is 19.2. The van der Waals surface area contributed by atoms with E-state index in [9.17, 15) is 9.59 Å². The van der Waals surface area contributed by atoms with E-state index < -0.39 is 0 Å². The minimum absolute atomic E-state index is 0. The molecule has 762 valence electrons. The summed E-state index contributed by atoms with van der Waals surface area (Å²) in [6.45, 7) is 21.4. The quantitative estimate of drug-likeness (QED) is 0.0160. The second-order valence-corrected chi connectivity index (χ2v) is 34.5. The Labute approximate surface area is 852 Å². The summed E-state index contributed by atoms with van der Waals surface area (Å²) in [5, 5.41) is 19.8. The molecule has 0 aliphatic carbocycles. The third-order valence-corrected chi connectivity index (χ3v) is 24.8. The Morgan fingerprint density at radius 3 is 0.832 bits per heavy atom. The first-order valence-electron chi connectivity index (χ1n) is 44.1. The van der Waals surface area contributed by atoms with Crippen LogP contribution in [0.25, 0.3) is 0 Å². The summed E-state index contributed by atoms with van der Waals surface area (Å²) < 4.78 is 80.2. The first-order chi connectivity index (χ1) is 65.4. The predicted octanol–water partition coefficient (Wildman–Crippen LogP) is 15.7. The molecule has 11 aromatic rings. The summed E-state index contributed by atoms with van der Waals surface area (Å²) in [7, 11) is 23.8. The van der Waals surface area contributed by atoms with Crippen molar-refractivity contribution < 1.29 is 80.6 Å². The van der Waals surface area contributed by atoms with E-state index in [2.05, 4.69) is 56.5 Å². The maximum absolute atomic E-state index is 12.1. The number of hydrogen-bond donors (Lipinski definition) is 12. The minimum Gasteiger partial charge on any atom is -0.493 e. The Hall–Kier alpha value is -10.6. The van der Waals surface area contributed by atoms with Gasteiger partial charge in [0.25, 0.3) is 0 Å². The van der Waals surface area contributed by atoms with E-state index in [1.54, 1.807) is 166 Å². The lowest BCUT2D eigenvalue weighted by molar-refractivity contribution is -0.121. The van der Waals surface area contributed by atoms with Gasteiger partial charge in [0.2, 0.25) is 40.6 Å². The van der Waals surface area contributed by atoms with Gasteiger partial charge in [-0.1, -0.05) is 55.4 Å². The van der Waals surface area contributed by atoms with Gasteiger partial charge < -0.3 is 138 Å². The van der Waals surface area contributed by atoms with Gasteiger partial charge in [-0.15, -0.1) is 102 Å². The van der Waals surface area contributed by atoms with Crippen molar-refractivity contribution in [3.05, 3.63) is 154 Å². The number of carbonyl (C=O) groups is 2. The van der Waals surface area contributed by atoms with E-state index in [0.717, 1.165) is 133 Å². The highest BCUT2D eigenvalue weighted by Crippen LogP contribution is 2.45. The Balaban J connectivity index is 0.000000552. The molecule has 0 radical (unpaired) electrons. The van der Waals surface area contributed by atoms with E-state index in [0.29, 0.717) is 143 Å². The second-order valence-electron chi connectivity index (χ2n) is 27.7. The number of hydrogen-bond acceptors (Lipinski definition) is 39. The highest BCUT2D eigenvalue weighted by Gasteiger charge is 2.28. The van der Waals surface area contributed by atoms with Crippen LogP contribution in [0.5, 0.6) is 86.2 Å². The third kappa shape index (κ3) is 39.7. The fourth-order valence-electron chi connectivity index (χ4n) is 13.4. The van der Waals surface area contributed by atoms with Gasteiger partial charge in [-0.25, -0.2) is 29.9 Å². The van der Waals surface area contributed by atoms with Gasteiger partial charge in [-0.3, -0.25) is 9.59 Å². The van der Waals surface area contributed by atoms with Crippen LogP contribution in [0.2, 0.25) is 0 Å². The van der Waals surface area contributed by atoms with Gasteiger partial charge >= 0.3 is 0 Å². The number of nitrogens with one attached hydrogen (secondary N) is 5. The highest BCUT2D eigenvalue weighted by atomic mass is 79.9. The van der Waals surface area contributed by atoms with E-state index in [1.807, 2.05) is 104 Å². The van der Waals surface area contributed by atoms with Crippen molar-refractivity contribution in [1.82, 2.24) is 56.5 Å². The number of nitrogens with zero attached hydrogens (tertiary/aromatic N) is 6. The second kappa shape index (κ2) is 68.4. The molecule has 2 aliphatic heterocycles. The average Bonchev–Trinajstić information content (AvgIpc) is 1.52. The van der Waals surface area contributed by atoms with Gasteiger partial charge in [-0.05, 0) is 153 Å². The standard InChI is InChI=1S/2C16H21N3O4S.2C16H21N3O3S.C16H23N3O3S.C6H11N3S.4C2H6.2BrH/c2*1-21-12-6-10(7-13(22-2)15(12)23-3)8-14(20)18-5-4-11-9-19-16(17)24-11;2*1-20-11-7-9(8-12(21-2)15(11)22-3)6-10-14-13(4-5-18-10)23-16(17)19-14;1-20-13-8-11(9-14(21-2)15(13)22-3)4-6-18-7-5-12-10-19-16(17)23-12;7-3-1-2-5-4-9-6(8)10-5;4*1-2;;/h2*6-7,9H,4-5,8H2,1-3H3,(H2,17,19)(H,18,20);2*7-8,10,18H,4-6H2,1-3H3,(H2,17,19);8-10,18H,4-7H2,1-3H3,(H2,17,19);4H,1-3,7H2,(H2,8,9);4*1-2H3;2*1H. The van der Waals surface area contributed by atoms with Crippen molar-refractivity contribution in [3.8, 4) is 86.2 Å². The summed E-state index contributed by atoms with van der Waals surface area (Å²) in [5.74, 6) is 8.81. The van der Waals surface area contributed by atoms with Gasteiger partial charge in [0.05, 0.1) is 143 Å². The Morgan fingerprint density at radius 1 is 0.336 bits per heavy atom. The Bertz CT molecular complexity index is 4890. The summed E-state index contributed by atoms with van der Waals surface area (Å²) in [6.07, 6.45) is 16.3. The number of benzene rings is 5. The summed E-state index contributed by atoms with van der Waals surface area (Å²) in [4.78, 5) is 56.2. The number of aromatic nitrogens is 6. The molecular formula is C94H144Br2N18O17S6. The van der Waals surface area contributed by atoms with E-state index in [4.69, 9.17) is 111 Å². The van der Waals surface area contributed by atoms with Crippen LogP contribution in [0, 0.1) is 0 Å².